The molecule has 0 saturated carbocycles. The summed E-state index contributed by atoms with van der Waals surface area (Å²) in [5.74, 6) is 0.496. The molecule has 2 heteroatoms. The molecule has 0 radical (unpaired) electrons. The molecule has 2 nitrogen and oxygen atoms in total. The summed E-state index contributed by atoms with van der Waals surface area (Å²) < 4.78 is 0. The van der Waals surface area contributed by atoms with E-state index in [0.717, 1.165) is 12.1 Å². The highest BCUT2D eigenvalue weighted by Gasteiger charge is 2.06. The van der Waals surface area contributed by atoms with Crippen LogP contribution in [0.15, 0.2) is 29.4 Å². The van der Waals surface area contributed by atoms with Crippen LogP contribution in [0.3, 0.4) is 0 Å². The van der Waals surface area contributed by atoms with Crippen molar-refractivity contribution in [1.29, 1.82) is 5.53 Å². The first-order valence-electron chi connectivity index (χ1n) is 4.26. The van der Waals surface area contributed by atoms with Gasteiger partial charge in [-0.25, -0.2) is 5.53 Å². The summed E-state index contributed by atoms with van der Waals surface area (Å²) in [6.45, 7) is 4.30. The molecule has 0 aliphatic carbocycles. The topological polar surface area (TPSA) is 36.2 Å². The standard InChI is InChI=1S/C10H14N2/c1-3-8(2)9-6-4-5-7-10(9)12-11/h4-8,11H,3H2,1-2H3. The van der Waals surface area contributed by atoms with Gasteiger partial charge >= 0.3 is 0 Å². The monoisotopic (exact) mass is 162 g/mol. The fourth-order valence-electron chi connectivity index (χ4n) is 1.23. The first-order chi connectivity index (χ1) is 5.79. The zero-order valence-electron chi connectivity index (χ0n) is 7.54. The van der Waals surface area contributed by atoms with Gasteiger partial charge in [-0.1, -0.05) is 32.0 Å². The zero-order valence-corrected chi connectivity index (χ0v) is 7.54. The normalized spacial score (nSPS) is 12.5. The van der Waals surface area contributed by atoms with E-state index in [0.29, 0.717) is 5.92 Å². The van der Waals surface area contributed by atoms with Gasteiger partial charge in [-0.05, 0) is 24.0 Å². The summed E-state index contributed by atoms with van der Waals surface area (Å²) in [5, 5.41) is 3.49. The molecule has 1 aromatic carbocycles. The predicted octanol–water partition coefficient (Wildman–Crippen LogP) is 3.86. The molecule has 12 heavy (non-hydrogen) atoms. The summed E-state index contributed by atoms with van der Waals surface area (Å²) in [7, 11) is 0. The van der Waals surface area contributed by atoms with Gasteiger partial charge in [0.1, 0.15) is 0 Å². The van der Waals surface area contributed by atoms with Gasteiger partial charge in [0.25, 0.3) is 0 Å². The SMILES string of the molecule is CCC(C)c1ccccc1N=N. The number of nitrogens with one attached hydrogen (secondary N) is 1. The van der Waals surface area contributed by atoms with Crippen molar-refractivity contribution in [3.8, 4) is 0 Å². The number of hydrogen-bond acceptors (Lipinski definition) is 2. The van der Waals surface area contributed by atoms with Crippen LogP contribution >= 0.6 is 0 Å². The molecular weight excluding hydrogens is 148 g/mol. The molecule has 0 fully saturated rings. The Hall–Kier alpha value is -1.18. The van der Waals surface area contributed by atoms with Crippen LogP contribution in [0.25, 0.3) is 0 Å². The van der Waals surface area contributed by atoms with Crippen LogP contribution in [0, 0.1) is 5.53 Å². The van der Waals surface area contributed by atoms with Crippen molar-refractivity contribution in [3.05, 3.63) is 29.8 Å². The Morgan fingerprint density at radius 3 is 2.67 bits per heavy atom. The summed E-state index contributed by atoms with van der Waals surface area (Å²) in [6.07, 6.45) is 1.09. The van der Waals surface area contributed by atoms with Crippen LogP contribution in [-0.4, -0.2) is 0 Å². The van der Waals surface area contributed by atoms with E-state index in [2.05, 4.69) is 19.0 Å². The Labute approximate surface area is 73.1 Å². The van der Waals surface area contributed by atoms with Crippen LogP contribution in [0.1, 0.15) is 31.7 Å². The smallest absolute Gasteiger partial charge is 0.0884 e. The van der Waals surface area contributed by atoms with Gasteiger partial charge in [0.15, 0.2) is 0 Å². The van der Waals surface area contributed by atoms with Gasteiger partial charge < -0.3 is 0 Å². The van der Waals surface area contributed by atoms with E-state index >= 15 is 0 Å². The molecule has 1 atom stereocenters. The molecule has 1 N–H and O–H groups in total. The fraction of sp³-hybridized carbons (Fsp3) is 0.400. The van der Waals surface area contributed by atoms with E-state index in [9.17, 15) is 0 Å². The molecule has 0 amide bonds. The first kappa shape index (κ1) is 8.91. The van der Waals surface area contributed by atoms with Crippen LogP contribution in [0.2, 0.25) is 0 Å². The van der Waals surface area contributed by atoms with Crippen LogP contribution in [0.5, 0.6) is 0 Å². The highest BCUT2D eigenvalue weighted by Crippen LogP contribution is 2.28. The Kier molecular flexibility index (Phi) is 2.97. The van der Waals surface area contributed by atoms with Gasteiger partial charge in [-0.15, -0.1) is 0 Å². The lowest BCUT2D eigenvalue weighted by Gasteiger charge is -2.10. The van der Waals surface area contributed by atoms with E-state index < -0.39 is 0 Å². The quantitative estimate of drug-likeness (QED) is 0.655. The Balaban J connectivity index is 3.04. The molecule has 0 bridgehead atoms. The molecule has 1 aromatic rings. The summed E-state index contributed by atoms with van der Waals surface area (Å²) >= 11 is 0. The van der Waals surface area contributed by atoms with Crippen LogP contribution in [0.4, 0.5) is 5.69 Å². The van der Waals surface area contributed by atoms with Crippen LogP contribution < -0.4 is 0 Å². The molecule has 0 heterocycles. The second-order valence-corrected chi connectivity index (χ2v) is 2.98. The molecular formula is C10H14N2. The number of para-hydroxylation sites is 1. The Morgan fingerprint density at radius 1 is 1.42 bits per heavy atom. The maximum absolute atomic E-state index is 6.98. The number of rotatable bonds is 3. The molecule has 0 spiro atoms. The van der Waals surface area contributed by atoms with Crippen molar-refractivity contribution in [1.82, 2.24) is 0 Å². The largest absolute Gasteiger partial charge is 0.204 e. The first-order valence-corrected chi connectivity index (χ1v) is 4.26. The Bertz CT molecular complexity index is 268. The van der Waals surface area contributed by atoms with E-state index in [1.807, 2.05) is 24.3 Å². The molecule has 0 saturated heterocycles. The van der Waals surface area contributed by atoms with Crippen molar-refractivity contribution in [2.24, 2.45) is 5.11 Å². The number of benzene rings is 1. The zero-order chi connectivity index (χ0) is 8.97. The van der Waals surface area contributed by atoms with E-state index in [1.54, 1.807) is 0 Å². The highest BCUT2D eigenvalue weighted by atomic mass is 15.0. The minimum Gasteiger partial charge on any atom is -0.204 e. The van der Waals surface area contributed by atoms with Gasteiger partial charge in [-0.2, -0.15) is 5.11 Å². The van der Waals surface area contributed by atoms with E-state index in [-0.39, 0.29) is 0 Å². The summed E-state index contributed by atoms with van der Waals surface area (Å²) in [6, 6.07) is 7.84. The van der Waals surface area contributed by atoms with Gasteiger partial charge in [0.2, 0.25) is 0 Å². The maximum atomic E-state index is 6.98. The second-order valence-electron chi connectivity index (χ2n) is 2.98. The van der Waals surface area contributed by atoms with Crippen molar-refractivity contribution in [3.63, 3.8) is 0 Å². The molecule has 0 aliphatic rings. The van der Waals surface area contributed by atoms with Gasteiger partial charge in [0, 0.05) is 0 Å². The predicted molar refractivity (Wildman–Crippen MR) is 50.0 cm³/mol. The van der Waals surface area contributed by atoms with Gasteiger partial charge in [0.05, 0.1) is 5.69 Å². The third-order valence-electron chi connectivity index (χ3n) is 2.20. The molecule has 1 rings (SSSR count). The van der Waals surface area contributed by atoms with Crippen molar-refractivity contribution < 1.29 is 0 Å². The fourth-order valence-corrected chi connectivity index (χ4v) is 1.23. The molecule has 0 aromatic heterocycles. The second kappa shape index (κ2) is 4.00. The average Bonchev–Trinajstić information content (AvgIpc) is 2.16. The minimum absolute atomic E-state index is 0.496. The number of nitrogens with zero attached hydrogens (tertiary/aromatic N) is 1. The Morgan fingerprint density at radius 2 is 2.08 bits per heavy atom. The average molecular weight is 162 g/mol. The molecule has 0 aliphatic heterocycles. The molecule has 1 unspecified atom stereocenters. The number of hydrogen-bond donors (Lipinski definition) is 1. The third-order valence-corrected chi connectivity index (χ3v) is 2.20. The van der Waals surface area contributed by atoms with Crippen molar-refractivity contribution in [2.75, 3.05) is 0 Å². The van der Waals surface area contributed by atoms with E-state index in [4.69, 9.17) is 5.53 Å². The summed E-state index contributed by atoms with van der Waals surface area (Å²) in [5.41, 5.74) is 8.95. The summed E-state index contributed by atoms with van der Waals surface area (Å²) in [4.78, 5) is 0. The van der Waals surface area contributed by atoms with E-state index in [1.165, 1.54) is 5.56 Å². The van der Waals surface area contributed by atoms with Crippen molar-refractivity contribution in [2.45, 2.75) is 26.2 Å². The van der Waals surface area contributed by atoms with Crippen molar-refractivity contribution >= 4 is 5.69 Å². The minimum atomic E-state index is 0.496. The lowest BCUT2D eigenvalue weighted by Crippen LogP contribution is -1.90. The maximum Gasteiger partial charge on any atom is 0.0884 e. The third kappa shape index (κ3) is 1.70. The highest BCUT2D eigenvalue weighted by molar-refractivity contribution is 5.46. The van der Waals surface area contributed by atoms with Gasteiger partial charge in [-0.3, -0.25) is 0 Å². The lowest BCUT2D eigenvalue weighted by atomic mass is 9.97. The lowest BCUT2D eigenvalue weighted by molar-refractivity contribution is 0.732. The molecule has 64 valence electrons. The van der Waals surface area contributed by atoms with Crippen LogP contribution in [-0.2, 0) is 0 Å².